The molecule has 0 saturated carbocycles. The zero-order valence-corrected chi connectivity index (χ0v) is 10.5. The van der Waals surface area contributed by atoms with Crippen molar-refractivity contribution in [3.05, 3.63) is 46.0 Å². The summed E-state index contributed by atoms with van der Waals surface area (Å²) in [6, 6.07) is 8.99. The Morgan fingerprint density at radius 2 is 1.94 bits per heavy atom. The topological polar surface area (TPSA) is 48.1 Å². The van der Waals surface area contributed by atoms with Crippen LogP contribution in [0.5, 0.6) is 11.6 Å². The molecule has 3 nitrogen and oxygen atoms in total. The van der Waals surface area contributed by atoms with Gasteiger partial charge in [-0.3, -0.25) is 0 Å². The van der Waals surface area contributed by atoms with Gasteiger partial charge in [-0.2, -0.15) is 0 Å². The van der Waals surface area contributed by atoms with E-state index in [4.69, 9.17) is 22.1 Å². The molecule has 82 valence electrons. The van der Waals surface area contributed by atoms with Crippen LogP contribution in [0.4, 0.5) is 5.69 Å². The molecule has 2 aromatic rings. The van der Waals surface area contributed by atoms with E-state index in [2.05, 4.69) is 20.9 Å². The van der Waals surface area contributed by atoms with E-state index in [0.29, 0.717) is 22.3 Å². The van der Waals surface area contributed by atoms with Crippen molar-refractivity contribution in [2.24, 2.45) is 0 Å². The van der Waals surface area contributed by atoms with Crippen LogP contribution in [-0.2, 0) is 0 Å². The molecule has 0 radical (unpaired) electrons. The standard InChI is InChI=1S/C11H8BrClN2O/c12-7-1-3-9(4-2-7)16-11-10(13)5-8(14)6-15-11/h1-6H,14H2. The number of pyridine rings is 1. The molecule has 0 aliphatic rings. The lowest BCUT2D eigenvalue weighted by atomic mass is 10.3. The van der Waals surface area contributed by atoms with Crippen molar-refractivity contribution < 1.29 is 4.74 Å². The number of halogens is 2. The maximum atomic E-state index is 5.93. The highest BCUT2D eigenvalue weighted by Gasteiger charge is 2.04. The Labute approximate surface area is 106 Å². The van der Waals surface area contributed by atoms with Gasteiger partial charge < -0.3 is 10.5 Å². The molecule has 2 rings (SSSR count). The molecule has 0 spiro atoms. The third-order valence-corrected chi connectivity index (χ3v) is 2.66. The quantitative estimate of drug-likeness (QED) is 0.915. The molecule has 2 N–H and O–H groups in total. The zero-order chi connectivity index (χ0) is 11.5. The molecule has 0 fully saturated rings. The maximum absolute atomic E-state index is 5.93. The molecule has 0 aliphatic heterocycles. The summed E-state index contributed by atoms with van der Waals surface area (Å²) < 4.78 is 6.48. The van der Waals surface area contributed by atoms with E-state index < -0.39 is 0 Å². The summed E-state index contributed by atoms with van der Waals surface area (Å²) in [6.45, 7) is 0. The molecule has 0 amide bonds. The van der Waals surface area contributed by atoms with Crippen molar-refractivity contribution >= 4 is 33.2 Å². The predicted molar refractivity (Wildman–Crippen MR) is 67.9 cm³/mol. The van der Waals surface area contributed by atoms with Crippen LogP contribution in [0, 0.1) is 0 Å². The van der Waals surface area contributed by atoms with E-state index in [1.807, 2.05) is 24.3 Å². The Morgan fingerprint density at radius 3 is 2.56 bits per heavy atom. The number of nitrogens with two attached hydrogens (primary N) is 1. The van der Waals surface area contributed by atoms with Crippen molar-refractivity contribution in [3.63, 3.8) is 0 Å². The lowest BCUT2D eigenvalue weighted by Gasteiger charge is -2.06. The first-order valence-electron chi connectivity index (χ1n) is 4.49. The third kappa shape index (κ3) is 2.65. The van der Waals surface area contributed by atoms with Crippen molar-refractivity contribution in [3.8, 4) is 11.6 Å². The number of nitrogens with zero attached hydrogens (tertiary/aromatic N) is 1. The number of nitrogen functional groups attached to an aromatic ring is 1. The van der Waals surface area contributed by atoms with Crippen LogP contribution in [0.15, 0.2) is 41.0 Å². The molecule has 0 bridgehead atoms. The van der Waals surface area contributed by atoms with Gasteiger partial charge in [-0.05, 0) is 30.3 Å². The summed E-state index contributed by atoms with van der Waals surface area (Å²) in [6.07, 6.45) is 1.50. The summed E-state index contributed by atoms with van der Waals surface area (Å²) in [5.74, 6) is 1.01. The number of ether oxygens (including phenoxy) is 1. The second kappa shape index (κ2) is 4.72. The van der Waals surface area contributed by atoms with Gasteiger partial charge >= 0.3 is 0 Å². The lowest BCUT2D eigenvalue weighted by Crippen LogP contribution is -1.91. The normalized spacial score (nSPS) is 10.1. The molecular formula is C11H8BrClN2O. The van der Waals surface area contributed by atoms with E-state index in [-0.39, 0.29) is 0 Å². The minimum atomic E-state index is 0.346. The Bertz CT molecular complexity index is 502. The smallest absolute Gasteiger partial charge is 0.238 e. The van der Waals surface area contributed by atoms with Crippen LogP contribution in [-0.4, -0.2) is 4.98 Å². The molecule has 0 unspecified atom stereocenters. The van der Waals surface area contributed by atoms with Gasteiger partial charge in [0, 0.05) is 4.47 Å². The highest BCUT2D eigenvalue weighted by molar-refractivity contribution is 9.10. The SMILES string of the molecule is Nc1cnc(Oc2ccc(Br)cc2)c(Cl)c1. The lowest BCUT2D eigenvalue weighted by molar-refractivity contribution is 0.463. The minimum absolute atomic E-state index is 0.346. The Hall–Kier alpha value is -1.26. The van der Waals surface area contributed by atoms with Gasteiger partial charge in [-0.15, -0.1) is 0 Å². The van der Waals surface area contributed by atoms with Crippen LogP contribution >= 0.6 is 27.5 Å². The van der Waals surface area contributed by atoms with E-state index in [1.165, 1.54) is 6.20 Å². The predicted octanol–water partition coefficient (Wildman–Crippen LogP) is 3.87. The van der Waals surface area contributed by atoms with Crippen LogP contribution in [0.25, 0.3) is 0 Å². The maximum Gasteiger partial charge on any atom is 0.238 e. The fourth-order valence-corrected chi connectivity index (χ4v) is 1.61. The zero-order valence-electron chi connectivity index (χ0n) is 8.15. The second-order valence-corrected chi connectivity index (χ2v) is 4.43. The molecule has 5 heteroatoms. The average molecular weight is 300 g/mol. The van der Waals surface area contributed by atoms with Crippen molar-refractivity contribution in [2.45, 2.75) is 0 Å². The number of hydrogen-bond acceptors (Lipinski definition) is 3. The number of hydrogen-bond donors (Lipinski definition) is 1. The summed E-state index contributed by atoms with van der Waals surface area (Å²) in [7, 11) is 0. The Kier molecular flexibility index (Phi) is 3.31. The number of anilines is 1. The number of rotatable bonds is 2. The third-order valence-electron chi connectivity index (χ3n) is 1.86. The van der Waals surface area contributed by atoms with Gasteiger partial charge in [0.15, 0.2) is 0 Å². The monoisotopic (exact) mass is 298 g/mol. The van der Waals surface area contributed by atoms with Crippen molar-refractivity contribution in [1.29, 1.82) is 0 Å². The summed E-state index contributed by atoms with van der Waals surface area (Å²) in [4.78, 5) is 4.00. The van der Waals surface area contributed by atoms with Crippen LogP contribution in [0.3, 0.4) is 0 Å². The van der Waals surface area contributed by atoms with Crippen molar-refractivity contribution in [1.82, 2.24) is 4.98 Å². The molecule has 0 atom stereocenters. The fourth-order valence-electron chi connectivity index (χ4n) is 1.13. The molecule has 1 heterocycles. The van der Waals surface area contributed by atoms with Crippen LogP contribution < -0.4 is 10.5 Å². The molecule has 1 aromatic carbocycles. The van der Waals surface area contributed by atoms with Gasteiger partial charge in [-0.1, -0.05) is 27.5 Å². The van der Waals surface area contributed by atoms with E-state index >= 15 is 0 Å². The molecule has 16 heavy (non-hydrogen) atoms. The van der Waals surface area contributed by atoms with Crippen molar-refractivity contribution in [2.75, 3.05) is 5.73 Å². The molecule has 1 aromatic heterocycles. The van der Waals surface area contributed by atoms with Gasteiger partial charge in [0.1, 0.15) is 10.8 Å². The Morgan fingerprint density at radius 1 is 1.25 bits per heavy atom. The van der Waals surface area contributed by atoms with Crippen LogP contribution in [0.2, 0.25) is 5.02 Å². The second-order valence-electron chi connectivity index (χ2n) is 3.11. The molecular weight excluding hydrogens is 291 g/mol. The summed E-state index contributed by atoms with van der Waals surface area (Å²) in [5, 5.41) is 0.392. The first-order valence-corrected chi connectivity index (χ1v) is 5.67. The minimum Gasteiger partial charge on any atom is -0.438 e. The largest absolute Gasteiger partial charge is 0.438 e. The summed E-state index contributed by atoms with van der Waals surface area (Å²) >= 11 is 9.28. The molecule has 0 saturated heterocycles. The van der Waals surface area contributed by atoms with Gasteiger partial charge in [0.05, 0.1) is 11.9 Å². The van der Waals surface area contributed by atoms with E-state index in [9.17, 15) is 0 Å². The van der Waals surface area contributed by atoms with Gasteiger partial charge in [0.25, 0.3) is 0 Å². The Balaban J connectivity index is 2.23. The number of benzene rings is 1. The first-order chi connectivity index (χ1) is 7.65. The van der Waals surface area contributed by atoms with Gasteiger partial charge in [-0.25, -0.2) is 4.98 Å². The first kappa shape index (κ1) is 11.2. The number of aromatic nitrogens is 1. The fraction of sp³-hybridized carbons (Fsp3) is 0. The highest BCUT2D eigenvalue weighted by Crippen LogP contribution is 2.28. The van der Waals surface area contributed by atoms with E-state index in [0.717, 1.165) is 4.47 Å². The average Bonchev–Trinajstić information content (AvgIpc) is 2.25. The summed E-state index contributed by atoms with van der Waals surface area (Å²) in [5.41, 5.74) is 6.04. The van der Waals surface area contributed by atoms with E-state index in [1.54, 1.807) is 6.07 Å². The van der Waals surface area contributed by atoms with Crippen LogP contribution in [0.1, 0.15) is 0 Å². The highest BCUT2D eigenvalue weighted by atomic mass is 79.9. The van der Waals surface area contributed by atoms with Gasteiger partial charge in [0.2, 0.25) is 5.88 Å². The molecule has 0 aliphatic carbocycles.